The van der Waals surface area contributed by atoms with Crippen molar-refractivity contribution >= 4 is 79.0 Å². The second kappa shape index (κ2) is 24.9. The molecule has 0 fully saturated rings. The van der Waals surface area contributed by atoms with E-state index in [-0.39, 0.29) is 17.5 Å². The number of hydrogen-bond acceptors (Lipinski definition) is 2. The van der Waals surface area contributed by atoms with Crippen LogP contribution in [0.1, 0.15) is 52.7 Å². The Labute approximate surface area is 599 Å². The van der Waals surface area contributed by atoms with Crippen LogP contribution in [0.25, 0.3) is 117 Å². The van der Waals surface area contributed by atoms with Crippen molar-refractivity contribution in [3.63, 3.8) is 0 Å². The zero-order valence-electron chi connectivity index (χ0n) is 58.4. The summed E-state index contributed by atoms with van der Waals surface area (Å²) < 4.78 is 2.57. The highest BCUT2D eigenvalue weighted by Gasteiger charge is 2.46. The minimum Gasteiger partial charge on any atom is -0.311 e. The van der Waals surface area contributed by atoms with Crippen molar-refractivity contribution in [2.75, 3.05) is 9.80 Å². The molecule has 0 spiro atoms. The Morgan fingerprint density at radius 3 is 0.804 bits per heavy atom. The summed E-state index contributed by atoms with van der Waals surface area (Å²) in [6, 6.07) is 132. The van der Waals surface area contributed by atoms with Crippen molar-refractivity contribution in [2.45, 2.75) is 52.4 Å². The van der Waals surface area contributed by atoms with Crippen LogP contribution in [-0.2, 0) is 10.8 Å². The fourth-order valence-corrected chi connectivity index (χ4v) is 16.3. The molecule has 0 N–H and O–H groups in total. The van der Waals surface area contributed by atoms with E-state index in [0.717, 1.165) is 95.4 Å². The number of nitrogens with zero attached hydrogens (tertiary/aromatic N) is 3. The van der Waals surface area contributed by atoms with Gasteiger partial charge in [0.15, 0.2) is 0 Å². The van der Waals surface area contributed by atoms with Gasteiger partial charge in [-0.25, -0.2) is 0 Å². The first-order chi connectivity index (χ1) is 49.8. The predicted octanol–water partition coefficient (Wildman–Crippen LogP) is 24.8. The van der Waals surface area contributed by atoms with Crippen LogP contribution in [0.15, 0.2) is 352 Å². The number of hydrogen-bond donors (Lipinski definition) is 0. The average Bonchev–Trinajstić information content (AvgIpc) is 0.754. The minimum atomic E-state index is -0.274. The first-order valence-corrected chi connectivity index (χ1v) is 35.8. The summed E-state index contributed by atoms with van der Waals surface area (Å²) in [5, 5.41) is 2.38. The zero-order chi connectivity index (χ0) is 68.8. The van der Waals surface area contributed by atoms with Crippen molar-refractivity contribution in [3.8, 4) is 94.7 Å². The lowest BCUT2D eigenvalue weighted by atomic mass is 9.33. The molecule has 3 nitrogen and oxygen atoms in total. The van der Waals surface area contributed by atoms with Gasteiger partial charge in [0, 0.05) is 44.9 Å². The summed E-state index contributed by atoms with van der Waals surface area (Å²) in [5.74, 6) is 0. The summed E-state index contributed by atoms with van der Waals surface area (Å²) in [6.07, 6.45) is 0. The molecule has 0 aliphatic carbocycles. The molecule has 0 radical (unpaired) electrons. The van der Waals surface area contributed by atoms with Crippen LogP contribution < -0.4 is 26.2 Å². The van der Waals surface area contributed by atoms with Crippen LogP contribution in [0, 0.1) is 0 Å². The quantitative estimate of drug-likeness (QED) is 0.120. The molecule has 0 bridgehead atoms. The normalized spacial score (nSPS) is 12.5. The van der Waals surface area contributed by atoms with Crippen molar-refractivity contribution in [1.82, 2.24) is 4.57 Å². The number of rotatable bonds is 11. The highest BCUT2D eigenvalue weighted by atomic mass is 15.2. The first kappa shape index (κ1) is 62.0. The summed E-state index contributed by atoms with van der Waals surface area (Å²) in [6.45, 7) is 14.1. The molecule has 4 heteroatoms. The van der Waals surface area contributed by atoms with Gasteiger partial charge in [-0.05, 0) is 212 Å². The largest absolute Gasteiger partial charge is 0.311 e. The van der Waals surface area contributed by atoms with Crippen molar-refractivity contribution < 1.29 is 0 Å². The smallest absolute Gasteiger partial charge is 0.252 e. The van der Waals surface area contributed by atoms with Gasteiger partial charge in [0.2, 0.25) is 0 Å². The van der Waals surface area contributed by atoms with Gasteiger partial charge in [-0.1, -0.05) is 308 Å². The molecule has 2 aliphatic heterocycles. The maximum atomic E-state index is 2.67. The number of aromatic nitrogens is 1. The van der Waals surface area contributed by atoms with Gasteiger partial charge in [0.25, 0.3) is 6.71 Å². The van der Waals surface area contributed by atoms with Crippen LogP contribution in [0.4, 0.5) is 34.1 Å². The van der Waals surface area contributed by atoms with Crippen molar-refractivity contribution in [1.29, 1.82) is 0 Å². The Balaban J connectivity index is 1.04. The van der Waals surface area contributed by atoms with E-state index < -0.39 is 0 Å². The van der Waals surface area contributed by atoms with E-state index in [0.29, 0.717) is 0 Å². The monoisotopic (exact) mass is 1310 g/mol. The number of benzene rings is 15. The Bertz CT molecular complexity index is 5390. The van der Waals surface area contributed by atoms with Gasteiger partial charge < -0.3 is 14.4 Å². The molecule has 0 saturated carbocycles. The van der Waals surface area contributed by atoms with Crippen molar-refractivity contribution in [3.05, 3.63) is 363 Å². The Hall–Kier alpha value is -12.2. The average molecular weight is 1310 g/mol. The second-order valence-electron chi connectivity index (χ2n) is 29.7. The Kier molecular flexibility index (Phi) is 15.1. The number of fused-ring (bicyclic) bond motifs is 7. The van der Waals surface area contributed by atoms with Crippen LogP contribution in [-0.4, -0.2) is 11.3 Å². The first-order valence-electron chi connectivity index (χ1n) is 35.8. The second-order valence-corrected chi connectivity index (χ2v) is 29.7. The molecule has 1 aromatic heterocycles. The molecule has 16 aromatic rings. The standard InChI is InChI=1S/C98H76BN3/c1-97(2,3)86-63-92-88(61-82(86)71-43-27-13-28-44-71)99-89-62-83(72-45-29-14-30-46-72)87(98(4,5)6)64-93(89)102(80-55-77(69-39-23-11-24-40-69)52-78(56-80)70-41-25-12-26-42-70)95-60-81(59-94(96(95)99)101(92)79-53-75(67-35-19-9-20-36-67)51-76(54-79)68-37-21-10-22-38-68)100-90-49-47-73(65-31-15-7-16-32-65)57-84(90)85-58-74(48-50-91(85)100)66-33-17-8-18-34-66/h7-64H,1-6H3. The van der Waals surface area contributed by atoms with Gasteiger partial charge in [0.05, 0.1) is 16.7 Å². The SMILES string of the molecule is CC(C)(C)c1cc2c(cc1-c1ccccc1)B1c3cc(-c4ccccc4)c(C(C)(C)C)cc3N(c3cc(-c4ccccc4)cc(-c4ccccc4)c3)c3cc(-n4c5ccc(-c6ccccc6)cc5c5cc(-c6ccccc6)ccc54)cc(c31)N2c1cc(-c2ccccc2)cc(-c2ccccc2)c1. The van der Waals surface area contributed by atoms with Gasteiger partial charge in [-0.3, -0.25) is 0 Å². The molecule has 102 heavy (non-hydrogen) atoms. The molecule has 18 rings (SSSR count). The van der Waals surface area contributed by atoms with E-state index in [4.69, 9.17) is 0 Å². The molecule has 0 atom stereocenters. The topological polar surface area (TPSA) is 11.4 Å². The third-order valence-corrected chi connectivity index (χ3v) is 21.1. The molecule has 2 aliphatic rings. The van der Waals surface area contributed by atoms with Crippen LogP contribution in [0.5, 0.6) is 0 Å². The Morgan fingerprint density at radius 2 is 0.510 bits per heavy atom. The molecule has 0 unspecified atom stereocenters. The highest BCUT2D eigenvalue weighted by molar-refractivity contribution is 7.00. The lowest BCUT2D eigenvalue weighted by Crippen LogP contribution is -2.61. The molecular formula is C98H76BN3. The van der Waals surface area contributed by atoms with Crippen molar-refractivity contribution in [2.24, 2.45) is 0 Å². The third kappa shape index (κ3) is 10.9. The van der Waals surface area contributed by atoms with E-state index in [1.807, 2.05) is 0 Å². The van der Waals surface area contributed by atoms with E-state index in [1.165, 1.54) is 82.8 Å². The molecule has 0 amide bonds. The third-order valence-electron chi connectivity index (χ3n) is 21.1. The molecule has 3 heterocycles. The summed E-state index contributed by atoms with van der Waals surface area (Å²) in [7, 11) is 0. The van der Waals surface area contributed by atoms with Gasteiger partial charge >= 0.3 is 0 Å². The van der Waals surface area contributed by atoms with E-state index in [1.54, 1.807) is 0 Å². The van der Waals surface area contributed by atoms with Gasteiger partial charge in [-0.15, -0.1) is 0 Å². The summed E-state index contributed by atoms with van der Waals surface area (Å²) in [5.41, 5.74) is 34.6. The minimum absolute atomic E-state index is 0.258. The van der Waals surface area contributed by atoms with Crippen LogP contribution in [0.2, 0.25) is 0 Å². The maximum Gasteiger partial charge on any atom is 0.252 e. The van der Waals surface area contributed by atoms with Gasteiger partial charge in [0.1, 0.15) is 0 Å². The molecular weight excluding hydrogens is 1230 g/mol. The maximum absolute atomic E-state index is 2.67. The molecule has 0 saturated heterocycles. The Morgan fingerprint density at radius 1 is 0.225 bits per heavy atom. The fraction of sp³-hybridized carbons (Fsp3) is 0.0816. The molecule has 15 aromatic carbocycles. The van der Waals surface area contributed by atoms with E-state index >= 15 is 0 Å². The summed E-state index contributed by atoms with van der Waals surface area (Å²) in [4.78, 5) is 5.35. The number of anilines is 6. The fourth-order valence-electron chi connectivity index (χ4n) is 16.3. The lowest BCUT2D eigenvalue weighted by molar-refractivity contribution is 0.592. The van der Waals surface area contributed by atoms with E-state index in [9.17, 15) is 0 Å². The molecule has 486 valence electrons. The van der Waals surface area contributed by atoms with E-state index in [2.05, 4.69) is 408 Å². The highest BCUT2D eigenvalue weighted by Crippen LogP contribution is 2.52. The zero-order valence-corrected chi connectivity index (χ0v) is 58.4. The summed E-state index contributed by atoms with van der Waals surface area (Å²) >= 11 is 0. The predicted molar refractivity (Wildman–Crippen MR) is 436 cm³/mol. The van der Waals surface area contributed by atoms with Gasteiger partial charge in [-0.2, -0.15) is 0 Å². The lowest BCUT2D eigenvalue weighted by Gasteiger charge is -2.46. The van der Waals surface area contributed by atoms with Crippen LogP contribution >= 0.6 is 0 Å². The van der Waals surface area contributed by atoms with Crippen LogP contribution in [0.3, 0.4) is 0 Å².